The van der Waals surface area contributed by atoms with Crippen molar-refractivity contribution in [3.8, 4) is 0 Å². The van der Waals surface area contributed by atoms with Gasteiger partial charge in [-0.05, 0) is 19.8 Å². The van der Waals surface area contributed by atoms with Gasteiger partial charge in [0.05, 0.1) is 5.92 Å². The zero-order chi connectivity index (χ0) is 14.6. The molecule has 1 aliphatic heterocycles. The highest BCUT2D eigenvalue weighted by atomic mass is 16.4. The molecule has 0 aromatic heterocycles. The molecule has 1 saturated heterocycles. The van der Waals surface area contributed by atoms with E-state index < -0.39 is 35.8 Å². The molecule has 1 amide bonds. The van der Waals surface area contributed by atoms with Crippen LogP contribution in [0, 0.1) is 5.92 Å². The highest BCUT2D eigenvalue weighted by molar-refractivity contribution is 5.88. The van der Waals surface area contributed by atoms with Gasteiger partial charge in [-0.25, -0.2) is 4.79 Å². The average molecular weight is 270 g/mol. The molecule has 0 saturated carbocycles. The lowest BCUT2D eigenvalue weighted by Gasteiger charge is -2.23. The van der Waals surface area contributed by atoms with Crippen LogP contribution in [-0.2, 0) is 14.4 Å². The molecule has 7 nitrogen and oxygen atoms in total. The van der Waals surface area contributed by atoms with Crippen LogP contribution in [0.5, 0.6) is 0 Å². The number of carboxylic acids is 2. The molecular weight excluding hydrogens is 252 g/mol. The van der Waals surface area contributed by atoms with Crippen molar-refractivity contribution >= 4 is 17.8 Å². The van der Waals surface area contributed by atoms with Crippen molar-refractivity contribution in [2.24, 2.45) is 11.7 Å². The molecule has 0 spiro atoms. The molecule has 1 fully saturated rings. The molecule has 0 radical (unpaired) electrons. The molecule has 0 aromatic rings. The lowest BCUT2D eigenvalue weighted by atomic mass is 10.1. The Morgan fingerprint density at radius 2 is 1.95 bits per heavy atom. The SMILES string of the molecule is C[C@H](/C=C/[C@@H](N)C(=O)N1CCC[C@H]1C(=O)O)C(=O)O. The summed E-state index contributed by atoms with van der Waals surface area (Å²) in [6.07, 6.45) is 3.68. The number of nitrogens with zero attached hydrogens (tertiary/aromatic N) is 1. The summed E-state index contributed by atoms with van der Waals surface area (Å²) in [6, 6.07) is -1.84. The second-order valence-corrected chi connectivity index (χ2v) is 4.57. The Bertz CT molecular complexity index is 407. The Hall–Kier alpha value is -1.89. The van der Waals surface area contributed by atoms with Crippen molar-refractivity contribution in [3.05, 3.63) is 12.2 Å². The van der Waals surface area contributed by atoms with E-state index in [-0.39, 0.29) is 0 Å². The molecule has 0 aromatic carbocycles. The van der Waals surface area contributed by atoms with Gasteiger partial charge in [-0.1, -0.05) is 12.2 Å². The minimum atomic E-state index is -1.04. The van der Waals surface area contributed by atoms with Gasteiger partial charge in [0.15, 0.2) is 0 Å². The number of carbonyl (C=O) groups is 3. The van der Waals surface area contributed by atoms with Crippen LogP contribution >= 0.6 is 0 Å². The molecule has 19 heavy (non-hydrogen) atoms. The van der Waals surface area contributed by atoms with Gasteiger partial charge in [0.2, 0.25) is 5.91 Å². The Kier molecular flexibility index (Phi) is 5.05. The van der Waals surface area contributed by atoms with E-state index in [1.807, 2.05) is 0 Å². The van der Waals surface area contributed by atoms with Gasteiger partial charge in [-0.15, -0.1) is 0 Å². The highest BCUT2D eigenvalue weighted by Gasteiger charge is 2.35. The van der Waals surface area contributed by atoms with Crippen LogP contribution < -0.4 is 5.73 Å². The van der Waals surface area contributed by atoms with Crippen molar-refractivity contribution in [2.45, 2.75) is 31.8 Å². The number of likely N-dealkylation sites (tertiary alicyclic amines) is 1. The summed E-state index contributed by atoms with van der Waals surface area (Å²) in [5.41, 5.74) is 5.64. The van der Waals surface area contributed by atoms with Gasteiger partial charge < -0.3 is 20.8 Å². The Labute approximate surface area is 110 Å². The summed E-state index contributed by atoms with van der Waals surface area (Å²) in [7, 11) is 0. The molecular formula is C12H18N2O5. The fourth-order valence-electron chi connectivity index (χ4n) is 1.93. The number of amides is 1. The predicted octanol–water partition coefficient (Wildman–Crippen LogP) is -0.334. The Morgan fingerprint density at radius 1 is 1.32 bits per heavy atom. The van der Waals surface area contributed by atoms with Crippen LogP contribution in [-0.4, -0.2) is 51.6 Å². The van der Waals surface area contributed by atoms with E-state index in [9.17, 15) is 14.4 Å². The van der Waals surface area contributed by atoms with Crippen LogP contribution in [0.2, 0.25) is 0 Å². The Balaban J connectivity index is 2.66. The second-order valence-electron chi connectivity index (χ2n) is 4.57. The molecule has 106 valence electrons. The lowest BCUT2D eigenvalue weighted by molar-refractivity contribution is -0.148. The first-order valence-corrected chi connectivity index (χ1v) is 6.04. The average Bonchev–Trinajstić information content (AvgIpc) is 2.83. The number of carboxylic acid groups (broad SMARTS) is 2. The normalized spacial score (nSPS) is 22.4. The van der Waals surface area contributed by atoms with E-state index in [1.54, 1.807) is 0 Å². The van der Waals surface area contributed by atoms with Crippen LogP contribution in [0.1, 0.15) is 19.8 Å². The summed E-state index contributed by atoms with van der Waals surface area (Å²) >= 11 is 0. The van der Waals surface area contributed by atoms with Crippen molar-refractivity contribution in [3.63, 3.8) is 0 Å². The number of aliphatic carboxylic acids is 2. The quantitative estimate of drug-likeness (QED) is 0.588. The largest absolute Gasteiger partial charge is 0.481 e. The van der Waals surface area contributed by atoms with E-state index in [0.29, 0.717) is 19.4 Å². The number of hydrogen-bond acceptors (Lipinski definition) is 4. The maximum atomic E-state index is 12.0. The first kappa shape index (κ1) is 15.2. The van der Waals surface area contributed by atoms with Crippen LogP contribution in [0.4, 0.5) is 0 Å². The third-order valence-corrected chi connectivity index (χ3v) is 3.10. The standard InChI is InChI=1S/C12H18N2O5/c1-7(11(16)17)4-5-8(13)10(15)14-6-2-3-9(14)12(18)19/h4-5,7-9H,2-3,6,13H2,1H3,(H,16,17)(H,18,19)/b5-4+/t7-,8-,9+/m1/s1. The predicted molar refractivity (Wildman–Crippen MR) is 66.3 cm³/mol. The van der Waals surface area contributed by atoms with Crippen molar-refractivity contribution in [1.29, 1.82) is 0 Å². The summed E-state index contributed by atoms with van der Waals surface area (Å²) in [5, 5.41) is 17.7. The molecule has 3 atom stereocenters. The molecule has 1 rings (SSSR count). The minimum Gasteiger partial charge on any atom is -0.481 e. The van der Waals surface area contributed by atoms with Gasteiger partial charge in [-0.2, -0.15) is 0 Å². The third-order valence-electron chi connectivity index (χ3n) is 3.10. The Morgan fingerprint density at radius 3 is 2.47 bits per heavy atom. The van der Waals surface area contributed by atoms with Gasteiger partial charge in [0.1, 0.15) is 12.1 Å². The molecule has 4 N–H and O–H groups in total. The first-order chi connectivity index (χ1) is 8.84. The zero-order valence-corrected chi connectivity index (χ0v) is 10.7. The lowest BCUT2D eigenvalue weighted by Crippen LogP contribution is -2.47. The van der Waals surface area contributed by atoms with Crippen molar-refractivity contribution < 1.29 is 24.6 Å². The molecule has 0 unspecified atom stereocenters. The van der Waals surface area contributed by atoms with Gasteiger partial charge >= 0.3 is 11.9 Å². The van der Waals surface area contributed by atoms with Crippen molar-refractivity contribution in [1.82, 2.24) is 4.90 Å². The van der Waals surface area contributed by atoms with E-state index in [4.69, 9.17) is 15.9 Å². The maximum absolute atomic E-state index is 12.0. The van der Waals surface area contributed by atoms with Crippen LogP contribution in [0.25, 0.3) is 0 Å². The van der Waals surface area contributed by atoms with E-state index in [1.165, 1.54) is 24.0 Å². The molecule has 0 bridgehead atoms. The fourth-order valence-corrected chi connectivity index (χ4v) is 1.93. The van der Waals surface area contributed by atoms with Gasteiger partial charge in [-0.3, -0.25) is 9.59 Å². The van der Waals surface area contributed by atoms with Gasteiger partial charge in [0.25, 0.3) is 0 Å². The summed E-state index contributed by atoms with van der Waals surface area (Å²) < 4.78 is 0. The van der Waals surface area contributed by atoms with E-state index in [2.05, 4.69) is 0 Å². The fraction of sp³-hybridized carbons (Fsp3) is 0.583. The smallest absolute Gasteiger partial charge is 0.326 e. The number of hydrogen-bond donors (Lipinski definition) is 3. The molecule has 0 aliphatic carbocycles. The molecule has 7 heteroatoms. The first-order valence-electron chi connectivity index (χ1n) is 6.04. The maximum Gasteiger partial charge on any atom is 0.326 e. The van der Waals surface area contributed by atoms with E-state index in [0.717, 1.165) is 0 Å². The monoisotopic (exact) mass is 270 g/mol. The minimum absolute atomic E-state index is 0.367. The number of carbonyl (C=O) groups excluding carboxylic acids is 1. The van der Waals surface area contributed by atoms with Crippen LogP contribution in [0.15, 0.2) is 12.2 Å². The molecule has 1 heterocycles. The number of nitrogens with two attached hydrogens (primary N) is 1. The topological polar surface area (TPSA) is 121 Å². The summed E-state index contributed by atoms with van der Waals surface area (Å²) in [4.78, 5) is 34.8. The van der Waals surface area contributed by atoms with E-state index >= 15 is 0 Å². The van der Waals surface area contributed by atoms with Crippen molar-refractivity contribution in [2.75, 3.05) is 6.54 Å². The van der Waals surface area contributed by atoms with Gasteiger partial charge in [0, 0.05) is 6.54 Å². The summed E-state index contributed by atoms with van der Waals surface area (Å²) in [5.74, 6) is -3.28. The highest BCUT2D eigenvalue weighted by Crippen LogP contribution is 2.18. The summed E-state index contributed by atoms with van der Waals surface area (Å²) in [6.45, 7) is 1.83. The number of rotatable bonds is 5. The third kappa shape index (κ3) is 3.78. The zero-order valence-electron chi connectivity index (χ0n) is 10.7. The molecule has 1 aliphatic rings. The van der Waals surface area contributed by atoms with Crippen LogP contribution in [0.3, 0.4) is 0 Å². The second kappa shape index (κ2) is 6.33.